The second-order valence-electron chi connectivity index (χ2n) is 4.88. The van der Waals surface area contributed by atoms with E-state index in [0.717, 1.165) is 45.4 Å². The summed E-state index contributed by atoms with van der Waals surface area (Å²) in [5.41, 5.74) is 0.147. The molecule has 1 atom stereocenters. The quantitative estimate of drug-likeness (QED) is 0.737. The van der Waals surface area contributed by atoms with Crippen LogP contribution in [0.4, 0.5) is 0 Å². The van der Waals surface area contributed by atoms with Gasteiger partial charge in [-0.2, -0.15) is 0 Å². The lowest BCUT2D eigenvalue weighted by atomic mass is 9.82. The number of methoxy groups -OCH3 is 2. The molecule has 2 saturated heterocycles. The molecular formula is C12H23NO3. The third-order valence-corrected chi connectivity index (χ3v) is 3.94. The van der Waals surface area contributed by atoms with Crippen LogP contribution in [0.2, 0.25) is 0 Å². The van der Waals surface area contributed by atoms with Crippen LogP contribution in [0.15, 0.2) is 0 Å². The van der Waals surface area contributed by atoms with Gasteiger partial charge in [-0.25, -0.2) is 0 Å². The Balaban J connectivity index is 1.85. The Morgan fingerprint density at radius 2 is 1.88 bits per heavy atom. The maximum Gasteiger partial charge on any atom is 0.161 e. The van der Waals surface area contributed by atoms with Gasteiger partial charge in [-0.1, -0.05) is 0 Å². The summed E-state index contributed by atoms with van der Waals surface area (Å²) in [5, 5.41) is 3.38. The minimum atomic E-state index is -0.112. The molecule has 0 unspecified atom stereocenters. The predicted molar refractivity (Wildman–Crippen MR) is 61.3 cm³/mol. The van der Waals surface area contributed by atoms with E-state index in [1.165, 1.54) is 0 Å². The first-order valence-electron chi connectivity index (χ1n) is 6.20. The van der Waals surface area contributed by atoms with Crippen LogP contribution >= 0.6 is 0 Å². The van der Waals surface area contributed by atoms with Crippen LogP contribution in [0.3, 0.4) is 0 Å². The van der Waals surface area contributed by atoms with E-state index in [0.29, 0.717) is 5.92 Å². The summed E-state index contributed by atoms with van der Waals surface area (Å²) in [6.07, 6.45) is 4.46. The van der Waals surface area contributed by atoms with Gasteiger partial charge < -0.3 is 19.5 Å². The Hall–Kier alpha value is -0.160. The molecule has 0 aromatic carbocycles. The van der Waals surface area contributed by atoms with Crippen molar-refractivity contribution in [1.29, 1.82) is 0 Å². The molecule has 0 aromatic heterocycles. The number of rotatable bonds is 3. The van der Waals surface area contributed by atoms with Gasteiger partial charge in [0.2, 0.25) is 0 Å². The molecule has 0 aromatic rings. The zero-order valence-corrected chi connectivity index (χ0v) is 10.3. The summed E-state index contributed by atoms with van der Waals surface area (Å²) in [7, 11) is 3.39. The zero-order valence-electron chi connectivity index (χ0n) is 10.3. The normalized spacial score (nSPS) is 29.8. The van der Waals surface area contributed by atoms with Crippen LogP contribution in [-0.4, -0.2) is 45.8 Å². The van der Waals surface area contributed by atoms with Gasteiger partial charge in [0.15, 0.2) is 6.29 Å². The molecule has 0 aliphatic carbocycles. The Morgan fingerprint density at radius 1 is 1.19 bits per heavy atom. The van der Waals surface area contributed by atoms with Gasteiger partial charge in [-0.15, -0.1) is 0 Å². The van der Waals surface area contributed by atoms with E-state index in [4.69, 9.17) is 14.2 Å². The average Bonchev–Trinajstić information content (AvgIpc) is 2.34. The van der Waals surface area contributed by atoms with Crippen molar-refractivity contribution >= 4 is 0 Å². The molecule has 0 radical (unpaired) electrons. The second kappa shape index (κ2) is 5.45. The van der Waals surface area contributed by atoms with Crippen LogP contribution in [0, 0.1) is 5.92 Å². The minimum Gasteiger partial charge on any atom is -0.374 e. The molecule has 2 aliphatic rings. The number of hydrogen-bond donors (Lipinski definition) is 1. The summed E-state index contributed by atoms with van der Waals surface area (Å²) in [5.74, 6) is 0.385. The second-order valence-corrected chi connectivity index (χ2v) is 4.88. The van der Waals surface area contributed by atoms with Crippen molar-refractivity contribution in [3.8, 4) is 0 Å². The van der Waals surface area contributed by atoms with E-state index in [1.54, 1.807) is 14.2 Å². The SMILES string of the molecule is COC(OC)[C@H]1CCC2(CCNCC2)OC1. The topological polar surface area (TPSA) is 39.7 Å². The molecule has 1 N–H and O–H groups in total. The van der Waals surface area contributed by atoms with Crippen LogP contribution in [-0.2, 0) is 14.2 Å². The summed E-state index contributed by atoms with van der Waals surface area (Å²) >= 11 is 0. The Labute approximate surface area is 97.6 Å². The molecule has 4 heteroatoms. The van der Waals surface area contributed by atoms with Crippen molar-refractivity contribution in [2.45, 2.75) is 37.6 Å². The van der Waals surface area contributed by atoms with Gasteiger partial charge in [0.1, 0.15) is 0 Å². The molecule has 2 fully saturated rings. The van der Waals surface area contributed by atoms with E-state index in [1.807, 2.05) is 0 Å². The van der Waals surface area contributed by atoms with Crippen molar-refractivity contribution in [3.05, 3.63) is 0 Å². The van der Waals surface area contributed by atoms with Gasteiger partial charge in [0.05, 0.1) is 12.2 Å². The third kappa shape index (κ3) is 2.56. The molecule has 2 rings (SSSR count). The summed E-state index contributed by atoms with van der Waals surface area (Å²) < 4.78 is 16.7. The molecule has 0 saturated carbocycles. The highest BCUT2D eigenvalue weighted by molar-refractivity contribution is 4.90. The van der Waals surface area contributed by atoms with E-state index in [9.17, 15) is 0 Å². The number of piperidine rings is 1. The summed E-state index contributed by atoms with van der Waals surface area (Å²) in [4.78, 5) is 0. The van der Waals surface area contributed by atoms with Crippen molar-refractivity contribution in [2.75, 3.05) is 33.9 Å². The van der Waals surface area contributed by atoms with Crippen LogP contribution < -0.4 is 5.32 Å². The molecule has 2 heterocycles. The first-order chi connectivity index (χ1) is 7.79. The van der Waals surface area contributed by atoms with Crippen LogP contribution in [0.1, 0.15) is 25.7 Å². The Kier molecular flexibility index (Phi) is 4.19. The minimum absolute atomic E-state index is 0.112. The smallest absolute Gasteiger partial charge is 0.161 e. The first-order valence-corrected chi connectivity index (χ1v) is 6.20. The lowest BCUT2D eigenvalue weighted by Gasteiger charge is -2.44. The van der Waals surface area contributed by atoms with Crippen molar-refractivity contribution in [1.82, 2.24) is 5.32 Å². The predicted octanol–water partition coefficient (Wildman–Crippen LogP) is 1.15. The lowest BCUT2D eigenvalue weighted by Crippen LogP contribution is -2.49. The highest BCUT2D eigenvalue weighted by Gasteiger charge is 2.39. The lowest BCUT2D eigenvalue weighted by molar-refractivity contribution is -0.195. The standard InChI is InChI=1S/C12H23NO3/c1-14-11(15-2)10-3-4-12(16-9-10)5-7-13-8-6-12/h10-11,13H,3-9H2,1-2H3/t10-/m0/s1. The van der Waals surface area contributed by atoms with E-state index < -0.39 is 0 Å². The largest absolute Gasteiger partial charge is 0.374 e. The fraction of sp³-hybridized carbons (Fsp3) is 1.00. The average molecular weight is 229 g/mol. The van der Waals surface area contributed by atoms with Gasteiger partial charge in [-0.3, -0.25) is 0 Å². The van der Waals surface area contributed by atoms with Gasteiger partial charge >= 0.3 is 0 Å². The fourth-order valence-electron chi connectivity index (χ4n) is 2.86. The van der Waals surface area contributed by atoms with Crippen LogP contribution in [0.25, 0.3) is 0 Å². The Morgan fingerprint density at radius 3 is 2.38 bits per heavy atom. The molecule has 16 heavy (non-hydrogen) atoms. The van der Waals surface area contributed by atoms with Crippen molar-refractivity contribution in [3.63, 3.8) is 0 Å². The molecule has 0 amide bonds. The fourth-order valence-corrected chi connectivity index (χ4v) is 2.86. The monoisotopic (exact) mass is 229 g/mol. The highest BCUT2D eigenvalue weighted by atomic mass is 16.7. The molecule has 4 nitrogen and oxygen atoms in total. The van der Waals surface area contributed by atoms with Crippen molar-refractivity contribution in [2.24, 2.45) is 5.92 Å². The number of nitrogens with one attached hydrogen (secondary N) is 1. The molecule has 1 spiro atoms. The Bertz CT molecular complexity index is 202. The maximum absolute atomic E-state index is 6.10. The maximum atomic E-state index is 6.10. The number of hydrogen-bond acceptors (Lipinski definition) is 4. The molecule has 0 bridgehead atoms. The van der Waals surface area contributed by atoms with Gasteiger partial charge in [-0.05, 0) is 38.8 Å². The third-order valence-electron chi connectivity index (χ3n) is 3.94. The van der Waals surface area contributed by atoms with Crippen LogP contribution in [0.5, 0.6) is 0 Å². The molecule has 94 valence electrons. The molecule has 2 aliphatic heterocycles. The van der Waals surface area contributed by atoms with E-state index in [-0.39, 0.29) is 11.9 Å². The van der Waals surface area contributed by atoms with Crippen molar-refractivity contribution < 1.29 is 14.2 Å². The number of ether oxygens (including phenoxy) is 3. The van der Waals surface area contributed by atoms with E-state index >= 15 is 0 Å². The zero-order chi connectivity index (χ0) is 11.4. The summed E-state index contributed by atoms with van der Waals surface area (Å²) in [6.45, 7) is 2.94. The molecular weight excluding hydrogens is 206 g/mol. The highest BCUT2D eigenvalue weighted by Crippen LogP contribution is 2.36. The van der Waals surface area contributed by atoms with Gasteiger partial charge in [0, 0.05) is 20.1 Å². The van der Waals surface area contributed by atoms with E-state index in [2.05, 4.69) is 5.32 Å². The first kappa shape index (κ1) is 12.3. The summed E-state index contributed by atoms with van der Waals surface area (Å²) in [6, 6.07) is 0. The van der Waals surface area contributed by atoms with Gasteiger partial charge in [0.25, 0.3) is 0 Å².